The summed E-state index contributed by atoms with van der Waals surface area (Å²) in [6.07, 6.45) is 2.01. The first-order valence-electron chi connectivity index (χ1n) is 10.4. The van der Waals surface area contributed by atoms with Crippen molar-refractivity contribution >= 4 is 11.6 Å². The quantitative estimate of drug-likeness (QED) is 0.811. The Morgan fingerprint density at radius 1 is 0.893 bits per heavy atom. The smallest absolute Gasteiger partial charge is 0.241 e. The minimum atomic E-state index is -0.0353. The van der Waals surface area contributed by atoms with Crippen LogP contribution >= 0.6 is 0 Å². The van der Waals surface area contributed by atoms with E-state index in [-0.39, 0.29) is 11.9 Å². The second-order valence-electron chi connectivity index (χ2n) is 7.87. The predicted molar refractivity (Wildman–Crippen MR) is 113 cm³/mol. The van der Waals surface area contributed by atoms with Gasteiger partial charge in [0.2, 0.25) is 5.91 Å². The normalized spacial score (nSPS) is 20.9. The van der Waals surface area contributed by atoms with Gasteiger partial charge in [-0.3, -0.25) is 14.6 Å². The molecule has 2 aromatic rings. The molecule has 0 radical (unpaired) electrons. The topological polar surface area (TPSA) is 47.6 Å². The fourth-order valence-corrected chi connectivity index (χ4v) is 4.04. The summed E-state index contributed by atoms with van der Waals surface area (Å²) < 4.78 is 0. The average molecular weight is 379 g/mol. The molecule has 28 heavy (non-hydrogen) atoms. The average Bonchev–Trinajstić information content (AvgIpc) is 3.27. The number of amides is 1. The van der Waals surface area contributed by atoms with E-state index < -0.39 is 0 Å². The molecule has 0 saturated carbocycles. The highest BCUT2D eigenvalue weighted by atomic mass is 16.2. The number of carbonyl (C=O) groups is 1. The molecule has 2 N–H and O–H groups in total. The van der Waals surface area contributed by atoms with E-state index in [4.69, 9.17) is 0 Å². The van der Waals surface area contributed by atoms with Crippen molar-refractivity contribution in [2.75, 3.05) is 38.0 Å². The molecule has 4 rings (SSSR count). The molecule has 1 amide bonds. The number of piperazine rings is 1. The highest BCUT2D eigenvalue weighted by Gasteiger charge is 2.22. The molecular weight excluding hydrogens is 348 g/mol. The van der Waals surface area contributed by atoms with Crippen LogP contribution in [0.5, 0.6) is 0 Å². The van der Waals surface area contributed by atoms with Crippen molar-refractivity contribution in [3.8, 4) is 0 Å². The molecule has 2 aliphatic heterocycles. The predicted octanol–water partition coefficient (Wildman–Crippen LogP) is 2.69. The lowest BCUT2D eigenvalue weighted by atomic mass is 10.1. The third kappa shape index (κ3) is 5.19. The molecule has 2 aliphatic rings. The van der Waals surface area contributed by atoms with Crippen molar-refractivity contribution in [1.29, 1.82) is 0 Å². The number of hydrogen-bond acceptors (Lipinski definition) is 4. The van der Waals surface area contributed by atoms with E-state index in [1.54, 1.807) is 0 Å². The van der Waals surface area contributed by atoms with Crippen LogP contribution in [-0.4, -0.2) is 54.5 Å². The number of nitrogens with zero attached hydrogens (tertiary/aromatic N) is 2. The van der Waals surface area contributed by atoms with Gasteiger partial charge >= 0.3 is 0 Å². The first-order chi connectivity index (χ1) is 13.8. The molecule has 5 nitrogen and oxygen atoms in total. The molecule has 2 saturated heterocycles. The van der Waals surface area contributed by atoms with E-state index in [1.165, 1.54) is 11.1 Å². The summed E-state index contributed by atoms with van der Waals surface area (Å²) in [6.45, 7) is 7.36. The standard InChI is InChI=1S/C23H30N4O/c28-23(22-7-4-12-24-22)25-21-10-8-20(9-11-21)18-27-15-13-26(14-16-27)17-19-5-2-1-3-6-19/h1-3,5-6,8-11,22,24H,4,7,12-18H2,(H,25,28). The van der Waals surface area contributed by atoms with Gasteiger partial charge in [0.05, 0.1) is 6.04 Å². The van der Waals surface area contributed by atoms with Crippen molar-refractivity contribution in [2.24, 2.45) is 0 Å². The van der Waals surface area contributed by atoms with E-state index >= 15 is 0 Å². The van der Waals surface area contributed by atoms with Gasteiger partial charge in [-0.2, -0.15) is 0 Å². The summed E-state index contributed by atoms with van der Waals surface area (Å²) in [4.78, 5) is 17.2. The maximum absolute atomic E-state index is 12.2. The summed E-state index contributed by atoms with van der Waals surface area (Å²) in [5, 5.41) is 6.26. The minimum Gasteiger partial charge on any atom is -0.325 e. The Morgan fingerprint density at radius 2 is 1.50 bits per heavy atom. The van der Waals surface area contributed by atoms with Crippen LogP contribution in [0.15, 0.2) is 54.6 Å². The first-order valence-corrected chi connectivity index (χ1v) is 10.4. The van der Waals surface area contributed by atoms with Gasteiger partial charge in [-0.25, -0.2) is 0 Å². The molecule has 2 heterocycles. The van der Waals surface area contributed by atoms with Gasteiger partial charge in [-0.1, -0.05) is 42.5 Å². The highest BCUT2D eigenvalue weighted by molar-refractivity contribution is 5.95. The Bertz CT molecular complexity index is 748. The molecule has 5 heteroatoms. The lowest BCUT2D eigenvalue weighted by Crippen LogP contribution is -2.45. The molecule has 2 fully saturated rings. The second-order valence-corrected chi connectivity index (χ2v) is 7.87. The number of benzene rings is 2. The van der Waals surface area contributed by atoms with Gasteiger partial charge in [-0.15, -0.1) is 0 Å². The van der Waals surface area contributed by atoms with Gasteiger partial charge in [0.1, 0.15) is 0 Å². The zero-order valence-electron chi connectivity index (χ0n) is 16.4. The summed E-state index contributed by atoms with van der Waals surface area (Å²) >= 11 is 0. The number of anilines is 1. The van der Waals surface area contributed by atoms with E-state index in [9.17, 15) is 4.79 Å². The van der Waals surface area contributed by atoms with Crippen molar-refractivity contribution in [1.82, 2.24) is 15.1 Å². The maximum Gasteiger partial charge on any atom is 0.241 e. The molecular formula is C23H30N4O. The highest BCUT2D eigenvalue weighted by Crippen LogP contribution is 2.15. The van der Waals surface area contributed by atoms with Crippen LogP contribution in [0.1, 0.15) is 24.0 Å². The molecule has 0 aromatic heterocycles. The zero-order chi connectivity index (χ0) is 19.2. The Morgan fingerprint density at radius 3 is 2.07 bits per heavy atom. The van der Waals surface area contributed by atoms with E-state index in [1.807, 2.05) is 12.1 Å². The minimum absolute atomic E-state index is 0.0353. The molecule has 0 bridgehead atoms. The molecule has 148 valence electrons. The summed E-state index contributed by atoms with van der Waals surface area (Å²) in [5.74, 6) is 0.0831. The van der Waals surface area contributed by atoms with Crippen LogP contribution < -0.4 is 10.6 Å². The number of hydrogen-bond donors (Lipinski definition) is 2. The summed E-state index contributed by atoms with van der Waals surface area (Å²) in [5.41, 5.74) is 3.57. The van der Waals surface area contributed by atoms with Crippen LogP contribution in [0.25, 0.3) is 0 Å². The first kappa shape index (κ1) is 19.1. The Labute approximate surface area is 167 Å². The van der Waals surface area contributed by atoms with Crippen LogP contribution in [-0.2, 0) is 17.9 Å². The molecule has 2 aromatic carbocycles. The van der Waals surface area contributed by atoms with Crippen molar-refractivity contribution < 1.29 is 4.79 Å². The Hall–Kier alpha value is -2.21. The van der Waals surface area contributed by atoms with Crippen LogP contribution in [0, 0.1) is 0 Å². The lowest BCUT2D eigenvalue weighted by Gasteiger charge is -2.34. The van der Waals surface area contributed by atoms with Crippen LogP contribution in [0.4, 0.5) is 5.69 Å². The van der Waals surface area contributed by atoms with E-state index in [2.05, 4.69) is 62.9 Å². The zero-order valence-corrected chi connectivity index (χ0v) is 16.4. The third-order valence-corrected chi connectivity index (χ3v) is 5.72. The number of carbonyl (C=O) groups excluding carboxylic acids is 1. The Kier molecular flexibility index (Phi) is 6.37. The lowest BCUT2D eigenvalue weighted by molar-refractivity contribution is -0.117. The van der Waals surface area contributed by atoms with Crippen molar-refractivity contribution in [3.63, 3.8) is 0 Å². The largest absolute Gasteiger partial charge is 0.325 e. The fraction of sp³-hybridized carbons (Fsp3) is 0.435. The van der Waals surface area contributed by atoms with Crippen molar-refractivity contribution in [2.45, 2.75) is 32.0 Å². The fourth-order valence-electron chi connectivity index (χ4n) is 4.04. The monoisotopic (exact) mass is 378 g/mol. The van der Waals surface area contributed by atoms with Crippen LogP contribution in [0.2, 0.25) is 0 Å². The Balaban J connectivity index is 1.22. The van der Waals surface area contributed by atoms with E-state index in [0.717, 1.165) is 64.3 Å². The SMILES string of the molecule is O=C(Nc1ccc(CN2CCN(Cc3ccccc3)CC2)cc1)C1CCCN1. The summed E-state index contributed by atoms with van der Waals surface area (Å²) in [7, 11) is 0. The van der Waals surface area contributed by atoms with Gasteiger partial charge in [0.15, 0.2) is 0 Å². The van der Waals surface area contributed by atoms with Gasteiger partial charge in [-0.05, 0) is 42.6 Å². The molecule has 0 spiro atoms. The number of nitrogens with one attached hydrogen (secondary N) is 2. The third-order valence-electron chi connectivity index (χ3n) is 5.72. The van der Waals surface area contributed by atoms with Gasteiger partial charge in [0.25, 0.3) is 0 Å². The summed E-state index contributed by atoms with van der Waals surface area (Å²) in [6, 6.07) is 19.0. The molecule has 1 atom stereocenters. The van der Waals surface area contributed by atoms with Gasteiger partial charge in [0, 0.05) is 45.0 Å². The second kappa shape index (κ2) is 9.32. The van der Waals surface area contributed by atoms with Crippen LogP contribution in [0.3, 0.4) is 0 Å². The van der Waals surface area contributed by atoms with E-state index in [0.29, 0.717) is 0 Å². The molecule has 0 aliphatic carbocycles. The molecule has 1 unspecified atom stereocenters. The van der Waals surface area contributed by atoms with Gasteiger partial charge < -0.3 is 10.6 Å². The maximum atomic E-state index is 12.2. The number of rotatable bonds is 6. The van der Waals surface area contributed by atoms with Crippen molar-refractivity contribution in [3.05, 3.63) is 65.7 Å².